The molecule has 2 N–H and O–H groups in total. The van der Waals surface area contributed by atoms with Crippen LogP contribution in [-0.2, 0) is 10.2 Å². The molecule has 3 heterocycles. The third-order valence-corrected chi connectivity index (χ3v) is 7.95. The highest BCUT2D eigenvalue weighted by molar-refractivity contribution is 7.86. The van der Waals surface area contributed by atoms with Crippen molar-refractivity contribution >= 4 is 27.4 Å². The zero-order chi connectivity index (χ0) is 23.8. The van der Waals surface area contributed by atoms with Crippen LogP contribution in [0.1, 0.15) is 52.6 Å². The summed E-state index contributed by atoms with van der Waals surface area (Å²) in [6.07, 6.45) is 5.93. The molecular weight excluding hydrogens is 440 g/mol. The predicted molar refractivity (Wildman–Crippen MR) is 126 cm³/mol. The van der Waals surface area contributed by atoms with Crippen molar-refractivity contribution < 1.29 is 13.2 Å². The minimum Gasteiger partial charge on any atom is -0.356 e. The lowest BCUT2D eigenvalue weighted by atomic mass is 9.92. The minimum atomic E-state index is -3.44. The summed E-state index contributed by atoms with van der Waals surface area (Å²) in [5, 5.41) is 11.9. The van der Waals surface area contributed by atoms with E-state index in [1.54, 1.807) is 14.1 Å². The Labute approximate surface area is 193 Å². The Morgan fingerprint density at radius 2 is 2.00 bits per heavy atom. The number of anilines is 1. The Morgan fingerprint density at radius 1 is 1.27 bits per heavy atom. The van der Waals surface area contributed by atoms with Crippen LogP contribution in [-0.4, -0.2) is 60.1 Å². The Kier molecular flexibility index (Phi) is 6.21. The summed E-state index contributed by atoms with van der Waals surface area (Å²) in [6.45, 7) is 4.72. The van der Waals surface area contributed by atoms with Gasteiger partial charge in [-0.2, -0.15) is 22.3 Å². The Bertz CT molecular complexity index is 1270. The Hall–Kier alpha value is -3.26. The van der Waals surface area contributed by atoms with Crippen LogP contribution in [0.5, 0.6) is 0 Å². The number of nitriles is 1. The van der Waals surface area contributed by atoms with Gasteiger partial charge in [-0.3, -0.25) is 9.78 Å². The van der Waals surface area contributed by atoms with Crippen molar-refractivity contribution in [2.75, 3.05) is 32.5 Å². The van der Waals surface area contributed by atoms with Crippen LogP contribution in [0.25, 0.3) is 5.57 Å². The number of nitrogens with one attached hydrogen (secondary N) is 2. The van der Waals surface area contributed by atoms with Crippen molar-refractivity contribution in [2.45, 2.75) is 25.2 Å². The second-order valence-electron chi connectivity index (χ2n) is 8.45. The van der Waals surface area contributed by atoms with Gasteiger partial charge in [-0.25, -0.2) is 0 Å². The monoisotopic (exact) mass is 466 g/mol. The molecule has 0 radical (unpaired) electrons. The molecule has 1 amide bonds. The number of hydrogen-bond donors (Lipinski definition) is 2. The number of likely N-dealkylation sites (N-methyl/N-ethyl adjacent to an activating group) is 2. The fourth-order valence-corrected chi connectivity index (χ4v) is 5.33. The molecule has 0 aromatic carbocycles. The number of aromatic amines is 1. The number of carbonyl (C=O) groups is 1. The molecule has 4 rings (SSSR count). The van der Waals surface area contributed by atoms with Crippen LogP contribution >= 0.6 is 0 Å². The molecule has 0 saturated carbocycles. The molecule has 9 nitrogen and oxygen atoms in total. The number of aromatic nitrogens is 2. The molecule has 172 valence electrons. The van der Waals surface area contributed by atoms with Crippen LogP contribution in [0.2, 0.25) is 0 Å². The van der Waals surface area contributed by atoms with E-state index < -0.39 is 10.2 Å². The lowest BCUT2D eigenvalue weighted by molar-refractivity contribution is 0.102. The number of H-pyrrole nitrogens is 1. The van der Waals surface area contributed by atoms with Gasteiger partial charge in [-0.05, 0) is 43.0 Å². The van der Waals surface area contributed by atoms with E-state index in [1.165, 1.54) is 20.9 Å². The summed E-state index contributed by atoms with van der Waals surface area (Å²) in [4.78, 5) is 20.5. The molecule has 2 aliphatic rings. The van der Waals surface area contributed by atoms with Crippen LogP contribution in [0.3, 0.4) is 0 Å². The number of carbonyl (C=O) groups excluding carboxylic acids is 1. The van der Waals surface area contributed by atoms with E-state index in [4.69, 9.17) is 10.2 Å². The van der Waals surface area contributed by atoms with Crippen molar-refractivity contribution in [3.05, 3.63) is 65.3 Å². The van der Waals surface area contributed by atoms with E-state index >= 15 is 0 Å². The quantitative estimate of drug-likeness (QED) is 0.671. The van der Waals surface area contributed by atoms with E-state index in [1.807, 2.05) is 18.2 Å². The van der Waals surface area contributed by atoms with Crippen LogP contribution in [0, 0.1) is 11.3 Å². The van der Waals surface area contributed by atoms with Gasteiger partial charge in [0.2, 0.25) is 0 Å². The average Bonchev–Trinajstić information content (AvgIpc) is 3.28. The molecule has 1 aliphatic heterocycles. The fraction of sp³-hybridized carbons (Fsp3) is 0.348. The smallest absolute Gasteiger partial charge is 0.281 e. The number of rotatable bonds is 4. The van der Waals surface area contributed by atoms with Crippen LogP contribution in [0.4, 0.5) is 5.69 Å². The first-order valence-electron chi connectivity index (χ1n) is 10.6. The topological polar surface area (TPSA) is 122 Å². The van der Waals surface area contributed by atoms with Gasteiger partial charge in [-0.1, -0.05) is 18.2 Å². The summed E-state index contributed by atoms with van der Waals surface area (Å²) >= 11 is 0. The normalized spacial score (nSPS) is 19.7. The van der Waals surface area contributed by atoms with Gasteiger partial charge in [0, 0.05) is 45.0 Å². The third kappa shape index (κ3) is 4.61. The standard InChI is InChI=1S/C23H26N6O3S/c1-15-4-6-17(7-5-15)22-20(27-23(30)21-10-16(11-24)12-25-21)9-8-19(26-22)18-13-28(2)33(31,32)29(3)14-18/h6,8-10,12,18,25H,1,4-5,7,13-14H2,2-3H3,(H,27,30). The SMILES string of the molecule is C=C1CC=C(c2nc(C3CN(C)S(=O)(=O)N(C)C3)ccc2NC(=O)c2cc(C#N)c[nH]2)CC1. The summed E-state index contributed by atoms with van der Waals surface area (Å²) in [5.74, 6) is -0.468. The molecule has 1 saturated heterocycles. The van der Waals surface area contributed by atoms with Gasteiger partial charge in [0.05, 0.1) is 16.9 Å². The second kappa shape index (κ2) is 8.94. The lowest BCUT2D eigenvalue weighted by Gasteiger charge is -2.35. The lowest BCUT2D eigenvalue weighted by Crippen LogP contribution is -2.49. The molecule has 1 aliphatic carbocycles. The number of allylic oxidation sites excluding steroid dienone is 3. The van der Waals surface area contributed by atoms with Crippen molar-refractivity contribution in [1.29, 1.82) is 5.26 Å². The maximum Gasteiger partial charge on any atom is 0.281 e. The highest BCUT2D eigenvalue weighted by atomic mass is 32.2. The van der Waals surface area contributed by atoms with E-state index in [0.717, 1.165) is 36.1 Å². The van der Waals surface area contributed by atoms with Gasteiger partial charge < -0.3 is 10.3 Å². The van der Waals surface area contributed by atoms with Crippen LogP contribution in [0.15, 0.2) is 42.6 Å². The first kappa shape index (κ1) is 22.9. The third-order valence-electron chi connectivity index (χ3n) is 6.07. The fourth-order valence-electron chi connectivity index (χ4n) is 4.12. The highest BCUT2D eigenvalue weighted by Crippen LogP contribution is 2.34. The first-order chi connectivity index (χ1) is 15.7. The van der Waals surface area contributed by atoms with E-state index in [-0.39, 0.29) is 17.5 Å². The zero-order valence-electron chi connectivity index (χ0n) is 18.6. The molecule has 0 spiro atoms. The maximum absolute atomic E-state index is 12.8. The van der Waals surface area contributed by atoms with Crippen molar-refractivity contribution in [2.24, 2.45) is 0 Å². The van der Waals surface area contributed by atoms with Crippen molar-refractivity contribution in [3.8, 4) is 6.07 Å². The first-order valence-corrected chi connectivity index (χ1v) is 12.0. The molecular formula is C23H26N6O3S. The molecule has 10 heteroatoms. The summed E-state index contributed by atoms with van der Waals surface area (Å²) in [6, 6.07) is 7.14. The van der Waals surface area contributed by atoms with E-state index in [9.17, 15) is 13.2 Å². The number of nitrogens with zero attached hydrogens (tertiary/aromatic N) is 4. The average molecular weight is 467 g/mol. The molecule has 0 unspecified atom stereocenters. The molecule has 2 aromatic heterocycles. The largest absolute Gasteiger partial charge is 0.356 e. The van der Waals surface area contributed by atoms with Crippen LogP contribution < -0.4 is 5.32 Å². The van der Waals surface area contributed by atoms with Gasteiger partial charge in [0.25, 0.3) is 16.1 Å². The van der Waals surface area contributed by atoms with E-state index in [0.29, 0.717) is 30.0 Å². The molecule has 33 heavy (non-hydrogen) atoms. The van der Waals surface area contributed by atoms with Gasteiger partial charge in [0.1, 0.15) is 11.8 Å². The maximum atomic E-state index is 12.8. The van der Waals surface area contributed by atoms with Crippen molar-refractivity contribution in [1.82, 2.24) is 18.6 Å². The van der Waals surface area contributed by atoms with Gasteiger partial charge >= 0.3 is 0 Å². The highest BCUT2D eigenvalue weighted by Gasteiger charge is 2.35. The number of hydrogen-bond acceptors (Lipinski definition) is 5. The minimum absolute atomic E-state index is 0.104. The van der Waals surface area contributed by atoms with Gasteiger partial charge in [0.15, 0.2) is 0 Å². The summed E-state index contributed by atoms with van der Waals surface area (Å²) < 4.78 is 27.3. The molecule has 0 atom stereocenters. The van der Waals surface area contributed by atoms with Crippen molar-refractivity contribution in [3.63, 3.8) is 0 Å². The zero-order valence-corrected chi connectivity index (χ0v) is 19.4. The molecule has 0 bridgehead atoms. The van der Waals surface area contributed by atoms with E-state index in [2.05, 4.69) is 23.0 Å². The number of pyridine rings is 1. The number of amides is 1. The second-order valence-corrected chi connectivity index (χ2v) is 10.6. The Balaban J connectivity index is 1.68. The summed E-state index contributed by atoms with van der Waals surface area (Å²) in [5.41, 5.74) is 4.86. The molecule has 1 fully saturated rings. The summed E-state index contributed by atoms with van der Waals surface area (Å²) in [7, 11) is -0.310. The molecule has 2 aromatic rings. The Morgan fingerprint density at radius 3 is 2.61 bits per heavy atom. The predicted octanol–water partition coefficient (Wildman–Crippen LogP) is 2.86. The van der Waals surface area contributed by atoms with Gasteiger partial charge in [-0.15, -0.1) is 0 Å².